The van der Waals surface area contributed by atoms with Gasteiger partial charge in [-0.2, -0.15) is 0 Å². The molecule has 0 aliphatic heterocycles. The van der Waals surface area contributed by atoms with Crippen LogP contribution in [0.5, 0.6) is 0 Å². The SMILES string of the molecule is Cc1cnc(C(O)c2ccccc2C2CCC2)c(C)c1. The minimum absolute atomic E-state index is 0.617. The van der Waals surface area contributed by atoms with Gasteiger partial charge < -0.3 is 5.11 Å². The first-order chi connectivity index (χ1) is 9.66. The van der Waals surface area contributed by atoms with Crippen LogP contribution >= 0.6 is 0 Å². The van der Waals surface area contributed by atoms with Crippen molar-refractivity contribution in [2.45, 2.75) is 45.1 Å². The van der Waals surface area contributed by atoms with Gasteiger partial charge in [-0.25, -0.2) is 0 Å². The summed E-state index contributed by atoms with van der Waals surface area (Å²) in [5.74, 6) is 0.617. The van der Waals surface area contributed by atoms with Crippen LogP contribution in [0.2, 0.25) is 0 Å². The number of benzene rings is 1. The average molecular weight is 267 g/mol. The van der Waals surface area contributed by atoms with Crippen LogP contribution in [0.3, 0.4) is 0 Å². The zero-order chi connectivity index (χ0) is 14.1. The van der Waals surface area contributed by atoms with Crippen molar-refractivity contribution in [1.29, 1.82) is 0 Å². The van der Waals surface area contributed by atoms with E-state index in [9.17, 15) is 5.11 Å². The van der Waals surface area contributed by atoms with Gasteiger partial charge >= 0.3 is 0 Å². The molecule has 0 saturated heterocycles. The maximum atomic E-state index is 10.8. The van der Waals surface area contributed by atoms with E-state index in [-0.39, 0.29) is 0 Å². The van der Waals surface area contributed by atoms with Crippen molar-refractivity contribution >= 4 is 0 Å². The zero-order valence-corrected chi connectivity index (χ0v) is 12.1. The Morgan fingerprint density at radius 2 is 1.95 bits per heavy atom. The molecule has 104 valence electrons. The molecule has 0 spiro atoms. The van der Waals surface area contributed by atoms with Gasteiger partial charge in [0.1, 0.15) is 6.10 Å². The molecule has 1 aromatic carbocycles. The molecule has 1 aliphatic rings. The molecule has 1 unspecified atom stereocenters. The average Bonchev–Trinajstić information content (AvgIpc) is 2.37. The van der Waals surface area contributed by atoms with Crippen LogP contribution in [-0.2, 0) is 0 Å². The summed E-state index contributed by atoms with van der Waals surface area (Å²) in [6.07, 6.45) is 5.00. The molecule has 0 radical (unpaired) electrons. The molecule has 2 nitrogen and oxygen atoms in total. The minimum Gasteiger partial charge on any atom is -0.382 e. The fourth-order valence-electron chi connectivity index (χ4n) is 3.01. The van der Waals surface area contributed by atoms with Gasteiger partial charge in [-0.1, -0.05) is 36.8 Å². The second-order valence-electron chi connectivity index (χ2n) is 5.87. The number of hydrogen-bond acceptors (Lipinski definition) is 2. The van der Waals surface area contributed by atoms with Crippen LogP contribution in [0.15, 0.2) is 36.5 Å². The number of aromatic nitrogens is 1. The number of hydrogen-bond donors (Lipinski definition) is 1. The van der Waals surface area contributed by atoms with Gasteiger partial charge in [-0.3, -0.25) is 4.98 Å². The Kier molecular flexibility index (Phi) is 3.58. The third-order valence-electron chi connectivity index (χ3n) is 4.35. The molecule has 3 rings (SSSR count). The smallest absolute Gasteiger partial charge is 0.121 e. The minimum atomic E-state index is -0.618. The van der Waals surface area contributed by atoms with Crippen LogP contribution in [0, 0.1) is 13.8 Å². The lowest BCUT2D eigenvalue weighted by Gasteiger charge is -2.29. The highest BCUT2D eigenvalue weighted by Gasteiger charge is 2.25. The number of aryl methyl sites for hydroxylation is 2. The Hall–Kier alpha value is -1.67. The van der Waals surface area contributed by atoms with Gasteiger partial charge in [0.15, 0.2) is 0 Å². The lowest BCUT2D eigenvalue weighted by atomic mass is 9.77. The van der Waals surface area contributed by atoms with Gasteiger partial charge in [0.05, 0.1) is 5.69 Å². The lowest BCUT2D eigenvalue weighted by molar-refractivity contribution is 0.211. The Morgan fingerprint density at radius 1 is 1.20 bits per heavy atom. The Balaban J connectivity index is 1.99. The summed E-state index contributed by atoms with van der Waals surface area (Å²) >= 11 is 0. The maximum Gasteiger partial charge on any atom is 0.121 e. The quantitative estimate of drug-likeness (QED) is 0.910. The summed E-state index contributed by atoms with van der Waals surface area (Å²) in [6, 6.07) is 10.4. The van der Waals surface area contributed by atoms with E-state index in [1.54, 1.807) is 0 Å². The standard InChI is InChI=1S/C18H21NO/c1-12-10-13(2)17(19-11-12)18(20)16-9-4-3-8-15(16)14-6-5-7-14/h3-4,8-11,14,18,20H,5-7H2,1-2H3. The molecule has 1 saturated carbocycles. The molecule has 2 aromatic rings. The van der Waals surface area contributed by atoms with Crippen molar-refractivity contribution in [1.82, 2.24) is 4.98 Å². The van der Waals surface area contributed by atoms with E-state index in [1.165, 1.54) is 24.8 Å². The van der Waals surface area contributed by atoms with Crippen LogP contribution < -0.4 is 0 Å². The fraction of sp³-hybridized carbons (Fsp3) is 0.389. The normalized spacial score (nSPS) is 16.8. The second kappa shape index (κ2) is 5.37. The van der Waals surface area contributed by atoms with E-state index in [0.717, 1.165) is 22.4 Å². The first kappa shape index (κ1) is 13.3. The molecule has 0 bridgehead atoms. The Morgan fingerprint density at radius 3 is 2.60 bits per heavy atom. The van der Waals surface area contributed by atoms with E-state index >= 15 is 0 Å². The number of pyridine rings is 1. The summed E-state index contributed by atoms with van der Waals surface area (Å²) in [7, 11) is 0. The number of nitrogens with zero attached hydrogens (tertiary/aromatic N) is 1. The molecule has 1 heterocycles. The predicted molar refractivity (Wildman–Crippen MR) is 80.8 cm³/mol. The molecule has 20 heavy (non-hydrogen) atoms. The van der Waals surface area contributed by atoms with Crippen LogP contribution in [-0.4, -0.2) is 10.1 Å². The predicted octanol–water partition coefficient (Wildman–Crippen LogP) is 4.05. The molecular weight excluding hydrogens is 246 g/mol. The number of aliphatic hydroxyl groups excluding tert-OH is 1. The molecule has 0 amide bonds. The highest BCUT2D eigenvalue weighted by atomic mass is 16.3. The summed E-state index contributed by atoms with van der Waals surface area (Å²) < 4.78 is 0. The molecular formula is C18H21NO. The fourth-order valence-corrected chi connectivity index (χ4v) is 3.01. The maximum absolute atomic E-state index is 10.8. The first-order valence-electron chi connectivity index (χ1n) is 7.37. The summed E-state index contributed by atoms with van der Waals surface area (Å²) in [4.78, 5) is 4.45. The third kappa shape index (κ3) is 2.36. The van der Waals surface area contributed by atoms with Crippen LogP contribution in [0.4, 0.5) is 0 Å². The van der Waals surface area contributed by atoms with Crippen molar-refractivity contribution in [2.75, 3.05) is 0 Å². The van der Waals surface area contributed by atoms with Gasteiger partial charge in [0, 0.05) is 6.20 Å². The van der Waals surface area contributed by atoms with Crippen molar-refractivity contribution < 1.29 is 5.11 Å². The number of aliphatic hydroxyl groups is 1. The monoisotopic (exact) mass is 267 g/mol. The van der Waals surface area contributed by atoms with Gasteiger partial charge in [0.2, 0.25) is 0 Å². The molecule has 1 aliphatic carbocycles. The number of rotatable bonds is 3. The Labute approximate surface area is 120 Å². The summed E-state index contributed by atoms with van der Waals surface area (Å²) in [5.41, 5.74) is 5.29. The van der Waals surface area contributed by atoms with E-state index in [1.807, 2.05) is 32.2 Å². The highest BCUT2D eigenvalue weighted by molar-refractivity contribution is 5.39. The summed E-state index contributed by atoms with van der Waals surface area (Å²) in [5, 5.41) is 10.8. The van der Waals surface area contributed by atoms with E-state index in [2.05, 4.69) is 23.2 Å². The lowest BCUT2D eigenvalue weighted by Crippen LogP contribution is -2.14. The molecule has 1 N–H and O–H groups in total. The van der Waals surface area contributed by atoms with Gasteiger partial charge in [-0.15, -0.1) is 0 Å². The second-order valence-corrected chi connectivity index (χ2v) is 5.87. The topological polar surface area (TPSA) is 33.1 Å². The van der Waals surface area contributed by atoms with Crippen LogP contribution in [0.25, 0.3) is 0 Å². The van der Waals surface area contributed by atoms with E-state index < -0.39 is 6.10 Å². The van der Waals surface area contributed by atoms with E-state index in [0.29, 0.717) is 5.92 Å². The van der Waals surface area contributed by atoms with Crippen molar-refractivity contribution in [2.24, 2.45) is 0 Å². The van der Waals surface area contributed by atoms with Gasteiger partial charge in [-0.05, 0) is 54.9 Å². The molecule has 1 aromatic heterocycles. The van der Waals surface area contributed by atoms with Gasteiger partial charge in [0.25, 0.3) is 0 Å². The third-order valence-corrected chi connectivity index (χ3v) is 4.35. The van der Waals surface area contributed by atoms with E-state index in [4.69, 9.17) is 0 Å². The molecule has 1 fully saturated rings. The first-order valence-corrected chi connectivity index (χ1v) is 7.37. The highest BCUT2D eigenvalue weighted by Crippen LogP contribution is 2.40. The zero-order valence-electron chi connectivity index (χ0n) is 12.1. The molecule has 1 atom stereocenters. The van der Waals surface area contributed by atoms with Crippen molar-refractivity contribution in [3.63, 3.8) is 0 Å². The Bertz CT molecular complexity index is 617. The van der Waals surface area contributed by atoms with Crippen molar-refractivity contribution in [3.05, 3.63) is 64.5 Å². The largest absolute Gasteiger partial charge is 0.382 e. The van der Waals surface area contributed by atoms with Crippen molar-refractivity contribution in [3.8, 4) is 0 Å². The van der Waals surface area contributed by atoms with Crippen LogP contribution in [0.1, 0.15) is 59.2 Å². The summed E-state index contributed by atoms with van der Waals surface area (Å²) in [6.45, 7) is 4.04. The molecule has 2 heteroatoms.